The fourth-order valence-corrected chi connectivity index (χ4v) is 0.864. The van der Waals surface area contributed by atoms with Crippen molar-refractivity contribution >= 4 is 26.6 Å². The van der Waals surface area contributed by atoms with Crippen molar-refractivity contribution in [3.05, 3.63) is 35.4 Å². The second-order valence-corrected chi connectivity index (χ2v) is 2.98. The van der Waals surface area contributed by atoms with E-state index < -0.39 is 26.6 Å². The van der Waals surface area contributed by atoms with Gasteiger partial charge in [0.05, 0.1) is 11.1 Å². The maximum atomic E-state index is 10.3. The van der Waals surface area contributed by atoms with Crippen LogP contribution in [0, 0.1) is 0 Å². The normalized spacial score (nSPS) is 9.05. The number of benzene rings is 1. The van der Waals surface area contributed by atoms with E-state index in [9.17, 15) is 9.59 Å². The highest BCUT2D eigenvalue weighted by molar-refractivity contribution is 6.48. The molecule has 0 bridgehead atoms. The predicted molar refractivity (Wildman–Crippen MR) is 61.8 cm³/mol. The van der Waals surface area contributed by atoms with Crippen molar-refractivity contribution in [1.29, 1.82) is 0 Å². The summed E-state index contributed by atoms with van der Waals surface area (Å²) in [4.78, 5) is 20.7. The van der Waals surface area contributed by atoms with Gasteiger partial charge in [0.1, 0.15) is 0 Å². The minimum Gasteiger partial charge on any atom is -0.478 e. The van der Waals surface area contributed by atoms with E-state index in [4.69, 9.17) is 30.3 Å². The fraction of sp³-hybridized carbons (Fsp3) is 0. The Hall–Kier alpha value is -1.91. The molecule has 0 atom stereocenters. The number of aromatic carboxylic acids is 2. The van der Waals surface area contributed by atoms with Crippen molar-refractivity contribution in [2.24, 2.45) is 0 Å². The van der Waals surface area contributed by atoms with Gasteiger partial charge < -0.3 is 34.9 Å². The summed E-state index contributed by atoms with van der Waals surface area (Å²) in [5.74, 6) is -2.13. The van der Waals surface area contributed by atoms with Gasteiger partial charge in [0, 0.05) is 0 Å². The van der Waals surface area contributed by atoms with Crippen molar-refractivity contribution in [2.75, 3.05) is 0 Å². The van der Waals surface area contributed by atoms with Crippen LogP contribution in [0.25, 0.3) is 0 Å². The lowest BCUT2D eigenvalue weighted by atomic mass is 10.1. The Labute approximate surface area is 107 Å². The van der Waals surface area contributed by atoms with Gasteiger partial charge in [-0.05, 0) is 24.3 Å². The van der Waals surface area contributed by atoms with Crippen LogP contribution in [0.15, 0.2) is 24.3 Å². The molecule has 0 spiro atoms. The van der Waals surface area contributed by atoms with Crippen LogP contribution in [-0.4, -0.2) is 56.9 Å². The van der Waals surface area contributed by atoms with Crippen molar-refractivity contribution in [3.63, 3.8) is 0 Å². The molecular formula is C8H10B2O9. The summed E-state index contributed by atoms with van der Waals surface area (Å²) in [5, 5.41) is 47.9. The third kappa shape index (κ3) is 7.91. The molecule has 0 amide bonds. The minimum atomic E-state index is -2.13. The van der Waals surface area contributed by atoms with Gasteiger partial charge in [-0.15, -0.1) is 0 Å². The number of hydrogen-bond acceptors (Lipinski definition) is 7. The van der Waals surface area contributed by atoms with Crippen molar-refractivity contribution < 1.29 is 44.5 Å². The van der Waals surface area contributed by atoms with Gasteiger partial charge in [0.15, 0.2) is 0 Å². The second-order valence-electron chi connectivity index (χ2n) is 2.98. The highest BCUT2D eigenvalue weighted by Crippen LogP contribution is 2.03. The van der Waals surface area contributed by atoms with E-state index in [-0.39, 0.29) is 11.1 Å². The summed E-state index contributed by atoms with van der Waals surface area (Å²) >= 11 is 0. The Morgan fingerprint density at radius 3 is 1.16 bits per heavy atom. The predicted octanol–water partition coefficient (Wildman–Crippen LogP) is -1.98. The van der Waals surface area contributed by atoms with Gasteiger partial charge in [-0.3, -0.25) is 0 Å². The van der Waals surface area contributed by atoms with Gasteiger partial charge in [-0.2, -0.15) is 0 Å². The number of hydrogen-bond donors (Lipinski definition) is 6. The average molecular weight is 272 g/mol. The zero-order valence-corrected chi connectivity index (χ0v) is 9.37. The van der Waals surface area contributed by atoms with Gasteiger partial charge >= 0.3 is 26.6 Å². The molecule has 0 aromatic heterocycles. The lowest BCUT2D eigenvalue weighted by Crippen LogP contribution is -2.28. The Balaban J connectivity index is 0.000000399. The van der Waals surface area contributed by atoms with Crippen LogP contribution in [0.3, 0.4) is 0 Å². The first-order valence-corrected chi connectivity index (χ1v) is 4.68. The second kappa shape index (κ2) is 8.24. The van der Waals surface area contributed by atoms with Crippen molar-refractivity contribution in [3.8, 4) is 0 Å². The van der Waals surface area contributed by atoms with E-state index in [0.29, 0.717) is 0 Å². The summed E-state index contributed by atoms with van der Waals surface area (Å²) in [6.45, 7) is 0. The van der Waals surface area contributed by atoms with Gasteiger partial charge in [-0.1, -0.05) is 0 Å². The standard InChI is InChI=1S/C8H6O4.B2H4O5/c9-7(10)5-1-2-6(4-3-5)8(11)12;3-1(4)7-2(5)6/h1-4H,(H,9,10)(H,11,12);3-6H. The Morgan fingerprint density at radius 2 is 1.05 bits per heavy atom. The fourth-order valence-electron chi connectivity index (χ4n) is 0.864. The molecule has 0 heterocycles. The maximum absolute atomic E-state index is 10.3. The van der Waals surface area contributed by atoms with Crippen LogP contribution in [0.4, 0.5) is 0 Å². The van der Waals surface area contributed by atoms with Crippen molar-refractivity contribution in [2.45, 2.75) is 0 Å². The van der Waals surface area contributed by atoms with E-state index in [2.05, 4.69) is 4.57 Å². The molecule has 1 aromatic carbocycles. The monoisotopic (exact) mass is 272 g/mol. The van der Waals surface area contributed by atoms with Crippen LogP contribution in [-0.2, 0) is 4.57 Å². The molecule has 1 rings (SSSR count). The lowest BCUT2D eigenvalue weighted by molar-refractivity contribution is 0.0681. The number of carboxylic acids is 2. The minimum absolute atomic E-state index is 0.0833. The number of carboxylic acid groups (broad SMARTS) is 2. The molecular weight excluding hydrogens is 262 g/mol. The molecule has 0 aliphatic heterocycles. The Kier molecular flexibility index (Phi) is 7.41. The first kappa shape index (κ1) is 17.1. The number of carbonyl (C=O) groups is 2. The zero-order valence-electron chi connectivity index (χ0n) is 9.37. The molecule has 1 aromatic rings. The largest absolute Gasteiger partial charge is 0.621 e. The van der Waals surface area contributed by atoms with Gasteiger partial charge in [-0.25, -0.2) is 9.59 Å². The topological polar surface area (TPSA) is 165 Å². The third-order valence-corrected chi connectivity index (χ3v) is 1.62. The molecule has 0 unspecified atom stereocenters. The van der Waals surface area contributed by atoms with Crippen LogP contribution in [0.5, 0.6) is 0 Å². The maximum Gasteiger partial charge on any atom is 0.621 e. The first-order valence-electron chi connectivity index (χ1n) is 4.68. The lowest BCUT2D eigenvalue weighted by Gasteiger charge is -1.95. The summed E-state index contributed by atoms with van der Waals surface area (Å²) in [5.41, 5.74) is 0.167. The summed E-state index contributed by atoms with van der Waals surface area (Å²) in [6.07, 6.45) is 0. The van der Waals surface area contributed by atoms with Crippen LogP contribution >= 0.6 is 0 Å². The molecule has 0 aliphatic carbocycles. The molecule has 11 heteroatoms. The molecule has 0 saturated carbocycles. The van der Waals surface area contributed by atoms with Gasteiger partial charge in [0.25, 0.3) is 0 Å². The molecule has 6 N–H and O–H groups in total. The van der Waals surface area contributed by atoms with Crippen LogP contribution in [0.2, 0.25) is 0 Å². The van der Waals surface area contributed by atoms with Gasteiger partial charge in [0.2, 0.25) is 0 Å². The van der Waals surface area contributed by atoms with E-state index in [1.54, 1.807) is 0 Å². The molecule has 0 radical (unpaired) electrons. The summed E-state index contributed by atoms with van der Waals surface area (Å²) in [7, 11) is -4.25. The molecule has 0 saturated heterocycles. The number of rotatable bonds is 4. The molecule has 0 fully saturated rings. The average Bonchev–Trinajstić information content (AvgIpc) is 2.28. The van der Waals surface area contributed by atoms with Crippen molar-refractivity contribution in [1.82, 2.24) is 0 Å². The summed E-state index contributed by atoms with van der Waals surface area (Å²) < 4.78 is 3.47. The van der Waals surface area contributed by atoms with E-state index >= 15 is 0 Å². The highest BCUT2D eigenvalue weighted by atomic mass is 16.7. The molecule has 0 aliphatic rings. The smallest absolute Gasteiger partial charge is 0.478 e. The van der Waals surface area contributed by atoms with E-state index in [1.165, 1.54) is 24.3 Å². The van der Waals surface area contributed by atoms with E-state index in [1.807, 2.05) is 0 Å². The quantitative estimate of drug-likeness (QED) is 0.340. The Bertz CT molecular complexity index is 378. The van der Waals surface area contributed by atoms with Crippen LogP contribution in [0.1, 0.15) is 20.7 Å². The first-order chi connectivity index (χ1) is 8.73. The SMILES string of the molecule is O=C(O)c1ccc(C(=O)O)cc1.OB(O)OB(O)O. The van der Waals surface area contributed by atoms with Crippen LogP contribution < -0.4 is 0 Å². The molecule has 102 valence electrons. The molecule has 9 nitrogen and oxygen atoms in total. The molecule has 19 heavy (non-hydrogen) atoms. The third-order valence-electron chi connectivity index (χ3n) is 1.62. The summed E-state index contributed by atoms with van der Waals surface area (Å²) in [6, 6.07) is 5.02. The Morgan fingerprint density at radius 1 is 0.789 bits per heavy atom. The van der Waals surface area contributed by atoms with E-state index in [0.717, 1.165) is 0 Å². The zero-order chi connectivity index (χ0) is 15.0. The highest BCUT2D eigenvalue weighted by Gasteiger charge is 2.18.